The zero-order chi connectivity index (χ0) is 13.8. The van der Waals surface area contributed by atoms with E-state index in [4.69, 9.17) is 20.1 Å². The summed E-state index contributed by atoms with van der Waals surface area (Å²) in [7, 11) is 1.47. The number of methoxy groups -OCH3 is 1. The molecular formula is C11H19N5O3. The highest BCUT2D eigenvalue weighted by atomic mass is 16.5. The van der Waals surface area contributed by atoms with E-state index in [0.29, 0.717) is 0 Å². The largest absolute Gasteiger partial charge is 0.467 e. The van der Waals surface area contributed by atoms with Gasteiger partial charge in [0.15, 0.2) is 0 Å². The molecule has 0 radical (unpaired) electrons. The van der Waals surface area contributed by atoms with Gasteiger partial charge in [-0.25, -0.2) is 5.84 Å². The Morgan fingerprint density at radius 3 is 2.37 bits per heavy atom. The van der Waals surface area contributed by atoms with Crippen molar-refractivity contribution in [1.82, 2.24) is 15.0 Å². The van der Waals surface area contributed by atoms with Crippen LogP contribution in [0.1, 0.15) is 26.7 Å². The van der Waals surface area contributed by atoms with Crippen molar-refractivity contribution in [2.24, 2.45) is 5.84 Å². The van der Waals surface area contributed by atoms with Gasteiger partial charge in [-0.1, -0.05) is 0 Å². The minimum Gasteiger partial charge on any atom is -0.467 e. The predicted molar refractivity (Wildman–Crippen MR) is 67.8 cm³/mol. The highest BCUT2D eigenvalue weighted by Crippen LogP contribution is 2.23. The molecule has 0 amide bonds. The Morgan fingerprint density at radius 2 is 1.79 bits per heavy atom. The van der Waals surface area contributed by atoms with E-state index in [9.17, 15) is 0 Å². The van der Waals surface area contributed by atoms with Gasteiger partial charge in [-0.05, 0) is 13.8 Å². The molecule has 19 heavy (non-hydrogen) atoms. The van der Waals surface area contributed by atoms with E-state index < -0.39 is 0 Å². The number of hydrogen-bond donors (Lipinski definition) is 2. The first kappa shape index (κ1) is 13.8. The fourth-order valence-electron chi connectivity index (χ4n) is 2.14. The summed E-state index contributed by atoms with van der Waals surface area (Å²) < 4.78 is 16.4. The minimum atomic E-state index is 0.0106. The summed E-state index contributed by atoms with van der Waals surface area (Å²) in [5.41, 5.74) is 2.35. The van der Waals surface area contributed by atoms with Crippen molar-refractivity contribution in [3.05, 3.63) is 0 Å². The molecule has 1 aromatic heterocycles. The van der Waals surface area contributed by atoms with E-state index in [2.05, 4.69) is 20.4 Å². The summed E-state index contributed by atoms with van der Waals surface area (Å²) >= 11 is 0. The average molecular weight is 269 g/mol. The van der Waals surface area contributed by atoms with Crippen LogP contribution in [0.25, 0.3) is 0 Å². The van der Waals surface area contributed by atoms with Crippen LogP contribution in [0.4, 0.5) is 5.95 Å². The molecular weight excluding hydrogens is 250 g/mol. The summed E-state index contributed by atoms with van der Waals surface area (Å²) in [4.78, 5) is 12.0. The number of rotatable bonds is 4. The number of nitrogens with two attached hydrogens (primary N) is 1. The second kappa shape index (κ2) is 5.98. The van der Waals surface area contributed by atoms with E-state index in [-0.39, 0.29) is 36.3 Å². The zero-order valence-corrected chi connectivity index (χ0v) is 11.3. The Hall–Kier alpha value is -1.67. The zero-order valence-electron chi connectivity index (χ0n) is 11.3. The Bertz CT molecular complexity index is 399. The van der Waals surface area contributed by atoms with Crippen LogP contribution in [-0.4, -0.2) is 40.4 Å². The fraction of sp³-hybridized carbons (Fsp3) is 0.727. The molecule has 8 heteroatoms. The van der Waals surface area contributed by atoms with Gasteiger partial charge in [0.05, 0.1) is 19.3 Å². The molecule has 1 aromatic rings. The normalized spacial score (nSPS) is 26.8. The number of anilines is 1. The third-order valence-corrected chi connectivity index (χ3v) is 2.83. The molecule has 0 aliphatic carbocycles. The molecule has 8 nitrogen and oxygen atoms in total. The predicted octanol–water partition coefficient (Wildman–Crippen LogP) is 0.501. The van der Waals surface area contributed by atoms with Gasteiger partial charge in [0.2, 0.25) is 5.95 Å². The number of nitrogens with one attached hydrogen (secondary N) is 1. The number of hydrazine groups is 1. The third-order valence-electron chi connectivity index (χ3n) is 2.83. The lowest BCUT2D eigenvalue weighted by Gasteiger charge is -2.31. The van der Waals surface area contributed by atoms with Gasteiger partial charge in [-0.3, -0.25) is 5.43 Å². The van der Waals surface area contributed by atoms with Crippen LogP contribution in [0.15, 0.2) is 0 Å². The number of nitrogen functional groups attached to an aromatic ring is 1. The molecule has 0 spiro atoms. The summed E-state index contributed by atoms with van der Waals surface area (Å²) in [5, 5.41) is 0. The van der Waals surface area contributed by atoms with E-state index >= 15 is 0 Å². The second-order valence-electron chi connectivity index (χ2n) is 4.54. The lowest BCUT2D eigenvalue weighted by atomic mass is 10.0. The number of aromatic nitrogens is 3. The average Bonchev–Trinajstić information content (AvgIpc) is 2.37. The molecule has 0 bridgehead atoms. The van der Waals surface area contributed by atoms with Gasteiger partial charge in [0.25, 0.3) is 0 Å². The van der Waals surface area contributed by atoms with Crippen molar-refractivity contribution in [2.75, 3.05) is 12.5 Å². The van der Waals surface area contributed by atoms with Crippen LogP contribution in [-0.2, 0) is 4.74 Å². The lowest BCUT2D eigenvalue weighted by molar-refractivity contribution is -0.0739. The number of hydrogen-bond acceptors (Lipinski definition) is 8. The molecule has 1 saturated heterocycles. The summed E-state index contributed by atoms with van der Waals surface area (Å²) in [6.07, 6.45) is 1.92. The van der Waals surface area contributed by atoms with E-state index in [0.717, 1.165) is 12.8 Å². The molecule has 0 saturated carbocycles. The van der Waals surface area contributed by atoms with Crippen molar-refractivity contribution in [3.63, 3.8) is 0 Å². The van der Waals surface area contributed by atoms with Crippen LogP contribution in [0, 0.1) is 0 Å². The first-order chi connectivity index (χ1) is 9.10. The van der Waals surface area contributed by atoms with Gasteiger partial charge in [-0.2, -0.15) is 9.97 Å². The van der Waals surface area contributed by atoms with Crippen molar-refractivity contribution in [3.8, 4) is 12.0 Å². The van der Waals surface area contributed by atoms with Crippen LogP contribution in [0.2, 0.25) is 0 Å². The summed E-state index contributed by atoms with van der Waals surface area (Å²) in [6, 6.07) is 0.359. The SMILES string of the molecule is COc1nc(NN)nc(OC2CC(C)OC(C)C2)n1. The first-order valence-corrected chi connectivity index (χ1v) is 6.19. The van der Waals surface area contributed by atoms with E-state index in [1.807, 2.05) is 13.8 Å². The standard InChI is InChI=1S/C11H19N5O3/c1-6-4-8(5-7(2)18-6)19-11-14-9(16-12)13-10(15-11)17-3/h6-8H,4-5,12H2,1-3H3,(H,13,14,15,16). The lowest BCUT2D eigenvalue weighted by Crippen LogP contribution is -2.36. The van der Waals surface area contributed by atoms with Crippen molar-refractivity contribution >= 4 is 5.95 Å². The highest BCUT2D eigenvalue weighted by molar-refractivity contribution is 5.25. The maximum absolute atomic E-state index is 5.76. The van der Waals surface area contributed by atoms with Gasteiger partial charge in [-0.15, -0.1) is 4.98 Å². The Kier molecular flexibility index (Phi) is 4.33. The van der Waals surface area contributed by atoms with Gasteiger partial charge in [0, 0.05) is 12.8 Å². The molecule has 2 unspecified atom stereocenters. The number of ether oxygens (including phenoxy) is 3. The van der Waals surface area contributed by atoms with Gasteiger partial charge < -0.3 is 14.2 Å². The maximum Gasteiger partial charge on any atom is 0.324 e. The highest BCUT2D eigenvalue weighted by Gasteiger charge is 2.26. The van der Waals surface area contributed by atoms with Gasteiger partial charge in [0.1, 0.15) is 6.10 Å². The minimum absolute atomic E-state index is 0.0106. The molecule has 1 aliphatic heterocycles. The molecule has 2 atom stereocenters. The van der Waals surface area contributed by atoms with Crippen LogP contribution >= 0.6 is 0 Å². The first-order valence-electron chi connectivity index (χ1n) is 6.19. The van der Waals surface area contributed by atoms with Crippen LogP contribution < -0.4 is 20.7 Å². The van der Waals surface area contributed by atoms with Crippen LogP contribution in [0.5, 0.6) is 12.0 Å². The molecule has 1 aliphatic rings. The Morgan fingerprint density at radius 1 is 1.16 bits per heavy atom. The molecule has 3 N–H and O–H groups in total. The number of nitrogens with zero attached hydrogens (tertiary/aromatic N) is 3. The molecule has 2 rings (SSSR count). The van der Waals surface area contributed by atoms with E-state index in [1.54, 1.807) is 0 Å². The fourth-order valence-corrected chi connectivity index (χ4v) is 2.14. The van der Waals surface area contributed by atoms with Crippen molar-refractivity contribution < 1.29 is 14.2 Å². The van der Waals surface area contributed by atoms with Gasteiger partial charge >= 0.3 is 12.0 Å². The monoisotopic (exact) mass is 269 g/mol. The van der Waals surface area contributed by atoms with E-state index in [1.165, 1.54) is 7.11 Å². The Balaban J connectivity index is 2.09. The molecule has 1 fully saturated rings. The summed E-state index contributed by atoms with van der Waals surface area (Å²) in [6.45, 7) is 4.04. The maximum atomic E-state index is 5.76. The topological polar surface area (TPSA) is 104 Å². The third kappa shape index (κ3) is 3.65. The van der Waals surface area contributed by atoms with Crippen molar-refractivity contribution in [1.29, 1.82) is 0 Å². The van der Waals surface area contributed by atoms with Crippen LogP contribution in [0.3, 0.4) is 0 Å². The second-order valence-corrected chi connectivity index (χ2v) is 4.54. The smallest absolute Gasteiger partial charge is 0.324 e. The summed E-state index contributed by atoms with van der Waals surface area (Å²) in [5.74, 6) is 5.49. The van der Waals surface area contributed by atoms with Crippen molar-refractivity contribution in [2.45, 2.75) is 45.0 Å². The molecule has 0 aromatic carbocycles. The molecule has 2 heterocycles. The molecule has 106 valence electrons. The Labute approximate surface area is 111 Å². The quantitative estimate of drug-likeness (QED) is 0.601.